The van der Waals surface area contributed by atoms with Crippen molar-refractivity contribution in [3.63, 3.8) is 0 Å². The molecule has 0 saturated heterocycles. The van der Waals surface area contributed by atoms with Crippen LogP contribution in [0.3, 0.4) is 0 Å². The third kappa shape index (κ3) is 3.89. The molecule has 0 aliphatic carbocycles. The van der Waals surface area contributed by atoms with Crippen LogP contribution in [-0.2, 0) is 4.79 Å². The highest BCUT2D eigenvalue weighted by molar-refractivity contribution is 6.01. The zero-order valence-corrected chi connectivity index (χ0v) is 17.5. The number of nitrogens with zero attached hydrogens (tertiary/aromatic N) is 3. The summed E-state index contributed by atoms with van der Waals surface area (Å²) in [5.74, 6) is 1.36. The van der Waals surface area contributed by atoms with E-state index in [-0.39, 0.29) is 11.9 Å². The minimum absolute atomic E-state index is 0.0296. The number of hydrogen-bond acceptors (Lipinski definition) is 4. The molecule has 2 aromatic carbocycles. The van der Waals surface area contributed by atoms with Crippen LogP contribution in [-0.4, -0.2) is 67.4 Å². The zero-order valence-electron chi connectivity index (χ0n) is 17.5. The van der Waals surface area contributed by atoms with Gasteiger partial charge in [-0.25, -0.2) is 4.79 Å². The van der Waals surface area contributed by atoms with Gasteiger partial charge in [0, 0.05) is 20.1 Å². The maximum atomic E-state index is 13.2. The van der Waals surface area contributed by atoms with Crippen molar-refractivity contribution in [2.45, 2.75) is 6.04 Å². The van der Waals surface area contributed by atoms with Crippen molar-refractivity contribution in [3.8, 4) is 11.5 Å². The Labute approximate surface area is 176 Å². The number of ether oxygens (including phenoxy) is 1. The van der Waals surface area contributed by atoms with Gasteiger partial charge in [0.2, 0.25) is 0 Å². The Morgan fingerprint density at radius 1 is 1.07 bits per heavy atom. The fourth-order valence-corrected chi connectivity index (χ4v) is 3.76. The fourth-order valence-electron chi connectivity index (χ4n) is 3.76. The van der Waals surface area contributed by atoms with E-state index in [4.69, 9.17) is 4.74 Å². The molecule has 0 saturated carbocycles. The number of urea groups is 1. The van der Waals surface area contributed by atoms with Gasteiger partial charge < -0.3 is 19.9 Å². The van der Waals surface area contributed by atoms with Crippen molar-refractivity contribution >= 4 is 11.9 Å². The number of nitrogens with one attached hydrogen (secondary N) is 1. The van der Waals surface area contributed by atoms with Gasteiger partial charge in [0.05, 0.1) is 23.9 Å². The topological polar surface area (TPSA) is 65.1 Å². The first-order valence-electron chi connectivity index (χ1n) is 9.98. The Balaban J connectivity index is 1.63. The first-order chi connectivity index (χ1) is 14.4. The van der Waals surface area contributed by atoms with Gasteiger partial charge in [-0.3, -0.25) is 9.69 Å². The number of likely N-dealkylation sites (N-methyl/N-ethyl adjacent to an activating group) is 2. The minimum atomic E-state index is -0.500. The monoisotopic (exact) mass is 406 g/mol. The smallest absolute Gasteiger partial charge is 0.322 e. The number of hydrogen-bond donors (Lipinski definition) is 1. The van der Waals surface area contributed by atoms with Gasteiger partial charge >= 0.3 is 6.03 Å². The fraction of sp³-hybridized carbons (Fsp3) is 0.304. The second kappa shape index (κ2) is 8.20. The number of para-hydroxylation sites is 1. The number of rotatable bonds is 6. The van der Waals surface area contributed by atoms with E-state index < -0.39 is 6.04 Å². The molecule has 7 nitrogen and oxygen atoms in total. The van der Waals surface area contributed by atoms with Crippen LogP contribution in [0.25, 0.3) is 0 Å². The maximum Gasteiger partial charge on any atom is 0.322 e. The van der Waals surface area contributed by atoms with Crippen LogP contribution in [0, 0.1) is 0 Å². The second-order valence-corrected chi connectivity index (χ2v) is 7.82. The van der Waals surface area contributed by atoms with Crippen LogP contribution in [0.2, 0.25) is 0 Å². The van der Waals surface area contributed by atoms with Crippen molar-refractivity contribution in [3.05, 3.63) is 71.4 Å². The highest BCUT2D eigenvalue weighted by Gasteiger charge is 2.42. The van der Waals surface area contributed by atoms with Gasteiger partial charge in [-0.1, -0.05) is 30.3 Å². The largest absolute Gasteiger partial charge is 0.457 e. The average Bonchev–Trinajstić information content (AvgIpc) is 3.07. The molecule has 0 radical (unpaired) electrons. The summed E-state index contributed by atoms with van der Waals surface area (Å²) in [6.45, 7) is 1.83. The standard InChI is InChI=1S/C23H26N4O3/c1-25(2)12-13-27-15-19-20(22(27)28)21(24-23(29)26(19)3)16-8-7-11-18(14-16)30-17-9-5-4-6-10-17/h4-11,14,21H,12-13,15H2,1-3H3,(H,24,29). The Kier molecular flexibility index (Phi) is 5.46. The molecule has 3 amide bonds. The summed E-state index contributed by atoms with van der Waals surface area (Å²) >= 11 is 0. The van der Waals surface area contributed by atoms with Crippen molar-refractivity contribution < 1.29 is 14.3 Å². The predicted octanol–water partition coefficient (Wildman–Crippen LogP) is 2.83. The van der Waals surface area contributed by atoms with Crippen LogP contribution in [0.15, 0.2) is 65.9 Å². The first kappa shape index (κ1) is 20.0. The quantitative estimate of drug-likeness (QED) is 0.801. The molecule has 156 valence electrons. The van der Waals surface area contributed by atoms with E-state index in [0.29, 0.717) is 24.4 Å². The van der Waals surface area contributed by atoms with Crippen molar-refractivity contribution in [2.24, 2.45) is 0 Å². The number of amides is 3. The zero-order chi connectivity index (χ0) is 21.3. The third-order valence-corrected chi connectivity index (χ3v) is 5.42. The van der Waals surface area contributed by atoms with Crippen molar-refractivity contribution in [1.82, 2.24) is 20.0 Å². The molecule has 30 heavy (non-hydrogen) atoms. The Morgan fingerprint density at radius 3 is 2.53 bits per heavy atom. The predicted molar refractivity (Wildman–Crippen MR) is 114 cm³/mol. The summed E-state index contributed by atoms with van der Waals surface area (Å²) in [4.78, 5) is 31.2. The van der Waals surface area contributed by atoms with Crippen LogP contribution in [0.4, 0.5) is 4.79 Å². The number of carbonyl (C=O) groups excluding carboxylic acids is 2. The molecule has 1 atom stereocenters. The van der Waals surface area contributed by atoms with Crippen LogP contribution < -0.4 is 10.1 Å². The van der Waals surface area contributed by atoms with E-state index in [0.717, 1.165) is 23.6 Å². The lowest BCUT2D eigenvalue weighted by Crippen LogP contribution is -2.45. The summed E-state index contributed by atoms with van der Waals surface area (Å²) < 4.78 is 5.94. The van der Waals surface area contributed by atoms with E-state index in [1.54, 1.807) is 16.8 Å². The molecule has 0 spiro atoms. The van der Waals surface area contributed by atoms with Crippen LogP contribution >= 0.6 is 0 Å². The lowest BCUT2D eigenvalue weighted by atomic mass is 9.95. The van der Waals surface area contributed by atoms with Gasteiger partial charge in [0.1, 0.15) is 11.5 Å². The van der Waals surface area contributed by atoms with Gasteiger partial charge in [-0.2, -0.15) is 0 Å². The highest BCUT2D eigenvalue weighted by atomic mass is 16.5. The molecule has 0 fully saturated rings. The Morgan fingerprint density at radius 2 is 1.80 bits per heavy atom. The van der Waals surface area contributed by atoms with Crippen molar-refractivity contribution in [1.29, 1.82) is 0 Å². The molecule has 0 aromatic heterocycles. The number of carbonyl (C=O) groups is 2. The molecule has 2 aliphatic rings. The van der Waals surface area contributed by atoms with Crippen LogP contribution in [0.5, 0.6) is 11.5 Å². The molecular formula is C23H26N4O3. The van der Waals surface area contributed by atoms with Gasteiger partial charge in [-0.15, -0.1) is 0 Å². The third-order valence-electron chi connectivity index (χ3n) is 5.42. The lowest BCUT2D eigenvalue weighted by molar-refractivity contribution is -0.125. The molecule has 2 heterocycles. The van der Waals surface area contributed by atoms with E-state index in [9.17, 15) is 9.59 Å². The molecule has 1 N–H and O–H groups in total. The van der Waals surface area contributed by atoms with E-state index in [1.165, 1.54) is 0 Å². The molecule has 0 bridgehead atoms. The summed E-state index contributed by atoms with van der Waals surface area (Å²) in [5, 5.41) is 2.98. The Hall–Kier alpha value is -3.32. The van der Waals surface area contributed by atoms with Gasteiger partial charge in [-0.05, 0) is 43.9 Å². The second-order valence-electron chi connectivity index (χ2n) is 7.82. The summed E-state index contributed by atoms with van der Waals surface area (Å²) in [5.41, 5.74) is 2.22. The Bertz CT molecular complexity index is 987. The van der Waals surface area contributed by atoms with Crippen LogP contribution in [0.1, 0.15) is 11.6 Å². The van der Waals surface area contributed by atoms with Crippen molar-refractivity contribution in [2.75, 3.05) is 40.8 Å². The molecule has 2 aromatic rings. The molecular weight excluding hydrogens is 380 g/mol. The highest BCUT2D eigenvalue weighted by Crippen LogP contribution is 2.36. The maximum absolute atomic E-state index is 13.2. The normalized spacial score (nSPS) is 18.7. The minimum Gasteiger partial charge on any atom is -0.457 e. The molecule has 1 unspecified atom stereocenters. The molecule has 7 heteroatoms. The van der Waals surface area contributed by atoms with E-state index in [2.05, 4.69) is 5.32 Å². The van der Waals surface area contributed by atoms with E-state index >= 15 is 0 Å². The summed E-state index contributed by atoms with van der Waals surface area (Å²) in [6.07, 6.45) is 0. The van der Waals surface area contributed by atoms with Gasteiger partial charge in [0.25, 0.3) is 5.91 Å². The summed E-state index contributed by atoms with van der Waals surface area (Å²) in [7, 11) is 5.66. The molecule has 2 aliphatic heterocycles. The number of benzene rings is 2. The lowest BCUT2D eigenvalue weighted by Gasteiger charge is -2.31. The first-order valence-corrected chi connectivity index (χ1v) is 9.98. The van der Waals surface area contributed by atoms with Gasteiger partial charge in [0.15, 0.2) is 0 Å². The SMILES string of the molecule is CN(C)CCN1CC2=C(C1=O)C(c1cccc(Oc3ccccc3)c1)NC(=O)N2C. The average molecular weight is 406 g/mol. The van der Waals surface area contributed by atoms with E-state index in [1.807, 2.05) is 73.6 Å². The molecule has 4 rings (SSSR count). The summed E-state index contributed by atoms with van der Waals surface area (Å²) in [6, 6.07) is 16.3.